The van der Waals surface area contributed by atoms with E-state index in [2.05, 4.69) is 10.4 Å². The lowest BCUT2D eigenvalue weighted by Gasteiger charge is -1.95. The molecule has 0 radical (unpaired) electrons. The summed E-state index contributed by atoms with van der Waals surface area (Å²) in [5.41, 5.74) is 3.01. The minimum absolute atomic E-state index is 0.179. The van der Waals surface area contributed by atoms with Crippen molar-refractivity contribution >= 4 is 17.2 Å². The summed E-state index contributed by atoms with van der Waals surface area (Å²) in [7, 11) is 0. The topological polar surface area (TPSA) is 68.0 Å². The Morgan fingerprint density at radius 2 is 2.33 bits per heavy atom. The van der Waals surface area contributed by atoms with Crippen molar-refractivity contribution in [3.8, 4) is 0 Å². The Morgan fingerprint density at radius 3 is 2.75 bits per heavy atom. The second kappa shape index (κ2) is 3.64. The number of hydrogen-bond donors (Lipinski definition) is 2. The number of nitrogens with one attached hydrogen (secondary N) is 1. The molecule has 3 N–H and O–H groups in total. The Hall–Kier alpha value is -0.940. The van der Waals surface area contributed by atoms with Crippen LogP contribution in [0, 0.1) is 13.8 Å². The summed E-state index contributed by atoms with van der Waals surface area (Å²) in [5.74, 6) is 4.78. The molecule has 66 valence electrons. The standard InChI is InChI=1S/C7H11N3OS/c1-4-6(3-7(11)10-8)12-5(2)9-4/h3,8H2,1-2H3,(H,10,11). The van der Waals surface area contributed by atoms with E-state index in [0.717, 1.165) is 15.6 Å². The summed E-state index contributed by atoms with van der Waals surface area (Å²) in [6.07, 6.45) is 0.327. The number of nitrogens with two attached hydrogens (primary N) is 1. The first-order valence-corrected chi connectivity index (χ1v) is 4.37. The summed E-state index contributed by atoms with van der Waals surface area (Å²) in [4.78, 5) is 16.1. The first-order valence-electron chi connectivity index (χ1n) is 3.56. The molecule has 0 aromatic carbocycles. The van der Waals surface area contributed by atoms with E-state index in [9.17, 15) is 4.79 Å². The summed E-state index contributed by atoms with van der Waals surface area (Å²) in [6, 6.07) is 0. The van der Waals surface area contributed by atoms with Crippen LogP contribution in [0.15, 0.2) is 0 Å². The Bertz CT molecular complexity index is 295. The third kappa shape index (κ3) is 2.02. The van der Waals surface area contributed by atoms with Gasteiger partial charge in [0.15, 0.2) is 0 Å². The molecule has 0 saturated heterocycles. The number of nitrogens with zero attached hydrogens (tertiary/aromatic N) is 1. The molecule has 0 unspecified atom stereocenters. The van der Waals surface area contributed by atoms with Crippen molar-refractivity contribution in [2.24, 2.45) is 5.84 Å². The van der Waals surface area contributed by atoms with Crippen LogP contribution in [0.3, 0.4) is 0 Å². The van der Waals surface area contributed by atoms with Crippen LogP contribution in [0.1, 0.15) is 15.6 Å². The highest BCUT2D eigenvalue weighted by Crippen LogP contribution is 2.17. The fourth-order valence-corrected chi connectivity index (χ4v) is 1.87. The van der Waals surface area contributed by atoms with Crippen molar-refractivity contribution in [1.29, 1.82) is 0 Å². The zero-order valence-corrected chi connectivity index (χ0v) is 7.86. The van der Waals surface area contributed by atoms with Gasteiger partial charge in [0.2, 0.25) is 5.91 Å². The number of carbonyl (C=O) groups excluding carboxylic acids is 1. The number of aryl methyl sites for hydroxylation is 2. The number of amides is 1. The van der Waals surface area contributed by atoms with Gasteiger partial charge in [0.25, 0.3) is 0 Å². The number of hydrogen-bond acceptors (Lipinski definition) is 4. The summed E-state index contributed by atoms with van der Waals surface area (Å²) in [6.45, 7) is 3.81. The number of carbonyl (C=O) groups is 1. The molecular weight excluding hydrogens is 174 g/mol. The highest BCUT2D eigenvalue weighted by Gasteiger charge is 2.08. The molecule has 1 heterocycles. The lowest BCUT2D eigenvalue weighted by Crippen LogP contribution is -2.31. The minimum atomic E-state index is -0.179. The molecule has 4 nitrogen and oxygen atoms in total. The maximum absolute atomic E-state index is 10.9. The van der Waals surface area contributed by atoms with E-state index in [1.165, 1.54) is 11.3 Å². The van der Waals surface area contributed by atoms with Gasteiger partial charge in [-0.2, -0.15) is 0 Å². The molecular formula is C7H11N3OS. The molecule has 12 heavy (non-hydrogen) atoms. The normalized spacial score (nSPS) is 9.92. The monoisotopic (exact) mass is 185 g/mol. The SMILES string of the molecule is Cc1nc(C)c(CC(=O)NN)s1. The van der Waals surface area contributed by atoms with Gasteiger partial charge in [0, 0.05) is 4.88 Å². The van der Waals surface area contributed by atoms with Gasteiger partial charge in [-0.3, -0.25) is 10.2 Å². The second-order valence-electron chi connectivity index (χ2n) is 2.49. The molecule has 0 aliphatic heterocycles. The Labute approximate surface area is 74.8 Å². The van der Waals surface area contributed by atoms with Gasteiger partial charge in [-0.05, 0) is 13.8 Å². The maximum atomic E-state index is 10.9. The molecule has 1 aromatic heterocycles. The van der Waals surface area contributed by atoms with Gasteiger partial charge in [0.05, 0.1) is 17.1 Å². The molecule has 0 spiro atoms. The lowest BCUT2D eigenvalue weighted by atomic mass is 10.3. The molecule has 1 amide bonds. The number of rotatable bonds is 2. The van der Waals surface area contributed by atoms with Crippen molar-refractivity contribution in [2.45, 2.75) is 20.3 Å². The third-order valence-corrected chi connectivity index (χ3v) is 2.55. The highest BCUT2D eigenvalue weighted by atomic mass is 32.1. The lowest BCUT2D eigenvalue weighted by molar-refractivity contribution is -0.120. The first-order chi connectivity index (χ1) is 5.63. The average molecular weight is 185 g/mol. The molecule has 0 aliphatic carbocycles. The Balaban J connectivity index is 2.75. The molecule has 5 heteroatoms. The number of aromatic nitrogens is 1. The summed E-state index contributed by atoms with van der Waals surface area (Å²) >= 11 is 1.53. The van der Waals surface area contributed by atoms with Crippen molar-refractivity contribution in [1.82, 2.24) is 10.4 Å². The Kier molecular flexibility index (Phi) is 2.78. The van der Waals surface area contributed by atoms with Gasteiger partial charge in [0.1, 0.15) is 0 Å². The van der Waals surface area contributed by atoms with Gasteiger partial charge in [-0.15, -0.1) is 11.3 Å². The van der Waals surface area contributed by atoms with Crippen LogP contribution >= 0.6 is 11.3 Å². The van der Waals surface area contributed by atoms with Crippen LogP contribution in [0.4, 0.5) is 0 Å². The van der Waals surface area contributed by atoms with Crippen LogP contribution in [-0.2, 0) is 11.2 Å². The number of thiazole rings is 1. The molecule has 1 rings (SSSR count). The molecule has 0 atom stereocenters. The molecule has 0 fully saturated rings. The smallest absolute Gasteiger partial charge is 0.239 e. The number of hydrazine groups is 1. The predicted octanol–water partition coefficient (Wildman–Crippen LogP) is 0.292. The van der Waals surface area contributed by atoms with Crippen molar-refractivity contribution < 1.29 is 4.79 Å². The molecule has 0 saturated carbocycles. The maximum Gasteiger partial charge on any atom is 0.239 e. The van der Waals surface area contributed by atoms with E-state index in [1.807, 2.05) is 13.8 Å². The third-order valence-electron chi connectivity index (χ3n) is 1.48. The van der Waals surface area contributed by atoms with Crippen LogP contribution < -0.4 is 11.3 Å². The Morgan fingerprint density at radius 1 is 1.67 bits per heavy atom. The minimum Gasteiger partial charge on any atom is -0.294 e. The largest absolute Gasteiger partial charge is 0.294 e. The average Bonchev–Trinajstić information content (AvgIpc) is 2.30. The second-order valence-corrected chi connectivity index (χ2v) is 3.77. The molecule has 0 aliphatic rings. The zero-order valence-electron chi connectivity index (χ0n) is 7.05. The van der Waals surface area contributed by atoms with E-state index in [1.54, 1.807) is 0 Å². The quantitative estimate of drug-likeness (QED) is 0.395. The predicted molar refractivity (Wildman–Crippen MR) is 47.6 cm³/mol. The van der Waals surface area contributed by atoms with Crippen LogP contribution in [-0.4, -0.2) is 10.9 Å². The molecule has 1 aromatic rings. The van der Waals surface area contributed by atoms with Crippen LogP contribution in [0.5, 0.6) is 0 Å². The van der Waals surface area contributed by atoms with Crippen molar-refractivity contribution in [2.75, 3.05) is 0 Å². The summed E-state index contributed by atoms with van der Waals surface area (Å²) < 4.78 is 0. The summed E-state index contributed by atoms with van der Waals surface area (Å²) in [5, 5.41) is 0.979. The van der Waals surface area contributed by atoms with E-state index in [-0.39, 0.29) is 5.91 Å². The first kappa shape index (κ1) is 9.15. The van der Waals surface area contributed by atoms with Crippen LogP contribution in [0.25, 0.3) is 0 Å². The van der Waals surface area contributed by atoms with Gasteiger partial charge < -0.3 is 0 Å². The zero-order chi connectivity index (χ0) is 9.14. The molecule has 0 bridgehead atoms. The van der Waals surface area contributed by atoms with E-state index >= 15 is 0 Å². The van der Waals surface area contributed by atoms with E-state index in [4.69, 9.17) is 5.84 Å². The van der Waals surface area contributed by atoms with Gasteiger partial charge >= 0.3 is 0 Å². The van der Waals surface area contributed by atoms with E-state index < -0.39 is 0 Å². The fraction of sp³-hybridized carbons (Fsp3) is 0.429. The van der Waals surface area contributed by atoms with Gasteiger partial charge in [-0.1, -0.05) is 0 Å². The van der Waals surface area contributed by atoms with Crippen molar-refractivity contribution in [3.63, 3.8) is 0 Å². The highest BCUT2D eigenvalue weighted by molar-refractivity contribution is 7.11. The van der Waals surface area contributed by atoms with Crippen molar-refractivity contribution in [3.05, 3.63) is 15.6 Å². The fourth-order valence-electron chi connectivity index (χ4n) is 0.934. The van der Waals surface area contributed by atoms with Crippen LogP contribution in [0.2, 0.25) is 0 Å². The van der Waals surface area contributed by atoms with Gasteiger partial charge in [-0.25, -0.2) is 10.8 Å². The van der Waals surface area contributed by atoms with E-state index in [0.29, 0.717) is 6.42 Å².